The molecule has 0 unspecified atom stereocenters. The number of nitrogens with two attached hydrogens (primary N) is 1. The van der Waals surface area contributed by atoms with Crippen molar-refractivity contribution in [3.63, 3.8) is 0 Å². The van der Waals surface area contributed by atoms with Gasteiger partial charge < -0.3 is 21.0 Å². The molecule has 1 heterocycles. The quantitative estimate of drug-likeness (QED) is 0.298. The van der Waals surface area contributed by atoms with Gasteiger partial charge in [0.05, 0.1) is 13.7 Å². The van der Waals surface area contributed by atoms with Crippen molar-refractivity contribution in [1.29, 1.82) is 0 Å². The number of nitrogens with zero attached hydrogens (tertiary/aromatic N) is 1. The Morgan fingerprint density at radius 1 is 1.80 bits per heavy atom. The van der Waals surface area contributed by atoms with E-state index in [9.17, 15) is 4.79 Å². The predicted octanol–water partition coefficient (Wildman–Crippen LogP) is 0.233. The van der Waals surface area contributed by atoms with Crippen molar-refractivity contribution < 1.29 is 14.7 Å². The van der Waals surface area contributed by atoms with Crippen LogP contribution in [0.15, 0.2) is 16.6 Å². The summed E-state index contributed by atoms with van der Waals surface area (Å²) < 4.78 is 4.98. The number of amides is 1. The summed E-state index contributed by atoms with van der Waals surface area (Å²) in [5, 5.41) is 15.2. The van der Waals surface area contributed by atoms with Crippen LogP contribution in [0.5, 0.6) is 5.75 Å². The summed E-state index contributed by atoms with van der Waals surface area (Å²) in [6.45, 7) is -0.00358. The number of hydrogen-bond acceptors (Lipinski definition) is 5. The van der Waals surface area contributed by atoms with Crippen molar-refractivity contribution >= 4 is 23.1 Å². The summed E-state index contributed by atoms with van der Waals surface area (Å²) in [7, 11) is 1.49. The van der Waals surface area contributed by atoms with E-state index in [0.717, 1.165) is 0 Å². The van der Waals surface area contributed by atoms with E-state index in [1.54, 1.807) is 11.4 Å². The van der Waals surface area contributed by atoms with Gasteiger partial charge in [0.25, 0.3) is 5.91 Å². The third-order valence-electron chi connectivity index (χ3n) is 1.61. The van der Waals surface area contributed by atoms with Crippen LogP contribution >= 0.6 is 11.3 Å². The smallest absolute Gasteiger partial charge is 0.265 e. The monoisotopic (exact) mass is 229 g/mol. The molecule has 0 atom stereocenters. The molecule has 1 amide bonds. The number of amidine groups is 1. The fourth-order valence-corrected chi connectivity index (χ4v) is 1.68. The summed E-state index contributed by atoms with van der Waals surface area (Å²) in [4.78, 5) is 12.0. The lowest BCUT2D eigenvalue weighted by Gasteiger charge is -2.03. The summed E-state index contributed by atoms with van der Waals surface area (Å²) >= 11 is 1.26. The van der Waals surface area contributed by atoms with Crippen molar-refractivity contribution in [3.05, 3.63) is 16.3 Å². The van der Waals surface area contributed by atoms with Gasteiger partial charge in [-0.15, -0.1) is 11.3 Å². The van der Waals surface area contributed by atoms with E-state index in [-0.39, 0.29) is 18.3 Å². The van der Waals surface area contributed by atoms with Crippen LogP contribution in [0.1, 0.15) is 9.67 Å². The van der Waals surface area contributed by atoms with Crippen LogP contribution in [0, 0.1) is 0 Å². The molecule has 0 spiro atoms. The number of methoxy groups -OCH3 is 1. The van der Waals surface area contributed by atoms with Gasteiger partial charge in [-0.2, -0.15) is 0 Å². The molecule has 4 N–H and O–H groups in total. The Kier molecular flexibility index (Phi) is 3.92. The fraction of sp³-hybridized carbons (Fsp3) is 0.250. The Bertz CT molecular complexity index is 375. The number of ether oxygens (including phenoxy) is 1. The Balaban J connectivity index is 2.61. The molecular weight excluding hydrogens is 218 g/mol. The molecule has 0 radical (unpaired) electrons. The van der Waals surface area contributed by atoms with Crippen LogP contribution < -0.4 is 15.8 Å². The molecule has 0 aromatic carbocycles. The highest BCUT2D eigenvalue weighted by Crippen LogP contribution is 2.23. The summed E-state index contributed by atoms with van der Waals surface area (Å²) in [6.07, 6.45) is 0. The molecule has 0 aliphatic rings. The molecule has 1 aromatic heterocycles. The maximum absolute atomic E-state index is 11.5. The molecule has 1 rings (SSSR count). The van der Waals surface area contributed by atoms with Crippen molar-refractivity contribution in [2.45, 2.75) is 0 Å². The second-order valence-electron chi connectivity index (χ2n) is 2.59. The van der Waals surface area contributed by atoms with Crippen LogP contribution in [0.2, 0.25) is 0 Å². The standard InChI is InChI=1S/C8H11N3O3S/c1-14-5-2-3-15-7(5)8(12)10-4-6(9)11-13/h2-3,13H,4H2,1H3,(H2,9,11)(H,10,12). The van der Waals surface area contributed by atoms with Gasteiger partial charge in [0.2, 0.25) is 0 Å². The molecule has 82 valence electrons. The highest BCUT2D eigenvalue weighted by Gasteiger charge is 2.13. The van der Waals surface area contributed by atoms with Crippen LogP contribution in [-0.2, 0) is 0 Å². The third-order valence-corrected chi connectivity index (χ3v) is 2.51. The summed E-state index contributed by atoms with van der Waals surface area (Å²) in [6, 6.07) is 1.70. The molecule has 0 aliphatic heterocycles. The minimum absolute atomic E-state index is 0.00358. The average Bonchev–Trinajstić information content (AvgIpc) is 2.73. The average molecular weight is 229 g/mol. The molecule has 1 aromatic rings. The van der Waals surface area contributed by atoms with Crippen LogP contribution in [0.4, 0.5) is 0 Å². The van der Waals surface area contributed by atoms with Crippen molar-refractivity contribution in [2.24, 2.45) is 10.9 Å². The number of thiophene rings is 1. The van der Waals surface area contributed by atoms with E-state index in [0.29, 0.717) is 10.6 Å². The van der Waals surface area contributed by atoms with Crippen molar-refractivity contribution in [3.8, 4) is 5.75 Å². The predicted molar refractivity (Wildman–Crippen MR) is 56.6 cm³/mol. The summed E-state index contributed by atoms with van der Waals surface area (Å²) in [5.41, 5.74) is 5.20. The Hall–Kier alpha value is -1.76. The number of oxime groups is 1. The van der Waals surface area contributed by atoms with Crippen LogP contribution in [0.3, 0.4) is 0 Å². The minimum atomic E-state index is -0.312. The van der Waals surface area contributed by atoms with E-state index in [2.05, 4.69) is 10.5 Å². The van der Waals surface area contributed by atoms with Gasteiger partial charge in [0, 0.05) is 0 Å². The second-order valence-corrected chi connectivity index (χ2v) is 3.51. The molecule has 7 heteroatoms. The Morgan fingerprint density at radius 2 is 2.53 bits per heavy atom. The first-order chi connectivity index (χ1) is 7.19. The van der Waals surface area contributed by atoms with Gasteiger partial charge in [-0.05, 0) is 11.4 Å². The molecule has 15 heavy (non-hydrogen) atoms. The topological polar surface area (TPSA) is 96.9 Å². The zero-order chi connectivity index (χ0) is 11.3. The van der Waals surface area contributed by atoms with Crippen molar-refractivity contribution in [2.75, 3.05) is 13.7 Å². The van der Waals surface area contributed by atoms with E-state index in [1.165, 1.54) is 18.4 Å². The molecule has 0 bridgehead atoms. The molecule has 0 saturated heterocycles. The van der Waals surface area contributed by atoms with Gasteiger partial charge in [-0.1, -0.05) is 5.16 Å². The lowest BCUT2D eigenvalue weighted by molar-refractivity contribution is 0.0960. The Labute approximate surface area is 90.3 Å². The summed E-state index contributed by atoms with van der Waals surface area (Å²) in [5.74, 6) is 0.143. The number of rotatable bonds is 4. The van der Waals surface area contributed by atoms with Crippen LogP contribution in [0.25, 0.3) is 0 Å². The number of hydrogen-bond donors (Lipinski definition) is 3. The molecular formula is C8H11N3O3S. The van der Waals surface area contributed by atoms with Gasteiger partial charge in [-0.3, -0.25) is 4.79 Å². The largest absolute Gasteiger partial charge is 0.495 e. The highest BCUT2D eigenvalue weighted by molar-refractivity contribution is 7.12. The Morgan fingerprint density at radius 3 is 3.13 bits per heavy atom. The lowest BCUT2D eigenvalue weighted by Crippen LogP contribution is -2.33. The first-order valence-corrected chi connectivity index (χ1v) is 4.93. The van der Waals surface area contributed by atoms with E-state index >= 15 is 0 Å². The molecule has 6 nitrogen and oxygen atoms in total. The maximum Gasteiger partial charge on any atom is 0.265 e. The van der Waals surface area contributed by atoms with E-state index in [4.69, 9.17) is 15.7 Å². The van der Waals surface area contributed by atoms with Gasteiger partial charge in [0.15, 0.2) is 5.84 Å². The molecule has 0 aliphatic carbocycles. The zero-order valence-corrected chi connectivity index (χ0v) is 8.87. The highest BCUT2D eigenvalue weighted by atomic mass is 32.1. The normalized spacial score (nSPS) is 11.1. The number of carbonyl (C=O) groups is 1. The van der Waals surface area contributed by atoms with Gasteiger partial charge >= 0.3 is 0 Å². The second kappa shape index (κ2) is 5.20. The van der Waals surface area contributed by atoms with E-state index < -0.39 is 0 Å². The SMILES string of the molecule is COc1ccsc1C(=O)NC/C(N)=N/O. The zero-order valence-electron chi connectivity index (χ0n) is 8.06. The first-order valence-electron chi connectivity index (χ1n) is 4.05. The molecule has 0 saturated carbocycles. The minimum Gasteiger partial charge on any atom is -0.495 e. The van der Waals surface area contributed by atoms with Crippen LogP contribution in [-0.4, -0.2) is 30.6 Å². The van der Waals surface area contributed by atoms with Gasteiger partial charge in [0.1, 0.15) is 10.6 Å². The van der Waals surface area contributed by atoms with Gasteiger partial charge in [-0.25, -0.2) is 0 Å². The number of nitrogens with one attached hydrogen (secondary N) is 1. The lowest BCUT2D eigenvalue weighted by atomic mass is 10.4. The fourth-order valence-electron chi connectivity index (χ4n) is 0.910. The molecule has 0 fully saturated rings. The van der Waals surface area contributed by atoms with Crippen molar-refractivity contribution in [1.82, 2.24) is 5.32 Å². The first kappa shape index (κ1) is 11.3. The number of carbonyl (C=O) groups excluding carboxylic acids is 1. The van der Waals surface area contributed by atoms with E-state index in [1.807, 2.05) is 0 Å². The maximum atomic E-state index is 11.5. The third kappa shape index (κ3) is 2.84.